The van der Waals surface area contributed by atoms with Crippen molar-refractivity contribution in [3.05, 3.63) is 23.9 Å². The molecule has 0 amide bonds. The van der Waals surface area contributed by atoms with Crippen LogP contribution >= 0.6 is 0 Å². The number of rotatable bonds is 2. The summed E-state index contributed by atoms with van der Waals surface area (Å²) in [5.41, 5.74) is 2.11. The molecular weight excluding hydrogens is 230 g/mol. The first-order valence-electron chi connectivity index (χ1n) is 6.68. The van der Waals surface area contributed by atoms with E-state index in [1.54, 1.807) is 6.08 Å². The van der Waals surface area contributed by atoms with Crippen molar-refractivity contribution in [2.45, 2.75) is 25.4 Å². The number of carbonyl (C=O) groups excluding carboxylic acids is 1. The van der Waals surface area contributed by atoms with E-state index in [2.05, 4.69) is 11.5 Å². The molecule has 2 fully saturated rings. The van der Waals surface area contributed by atoms with Gasteiger partial charge in [-0.2, -0.15) is 0 Å². The van der Waals surface area contributed by atoms with Gasteiger partial charge in [0.15, 0.2) is 0 Å². The molecule has 2 unspecified atom stereocenters. The highest BCUT2D eigenvalue weighted by Crippen LogP contribution is 2.34. The van der Waals surface area contributed by atoms with E-state index < -0.39 is 0 Å². The minimum atomic E-state index is -0.207. The summed E-state index contributed by atoms with van der Waals surface area (Å²) in [6, 6.07) is 0. The number of hydrogen-bond acceptors (Lipinski definition) is 4. The van der Waals surface area contributed by atoms with Gasteiger partial charge in [0.2, 0.25) is 0 Å². The maximum absolute atomic E-state index is 11.6. The lowest BCUT2D eigenvalue weighted by atomic mass is 9.88. The Balaban J connectivity index is 1.79. The fourth-order valence-corrected chi connectivity index (χ4v) is 3.05. The Labute approximate surface area is 107 Å². The largest absolute Gasteiger partial charge is 0.452 e. The molecular formula is C14H19NO3. The van der Waals surface area contributed by atoms with Gasteiger partial charge in [-0.05, 0) is 24.8 Å². The van der Waals surface area contributed by atoms with Gasteiger partial charge in [-0.15, -0.1) is 0 Å². The summed E-state index contributed by atoms with van der Waals surface area (Å²) in [4.78, 5) is 13.9. The van der Waals surface area contributed by atoms with Crippen LogP contribution in [0.1, 0.15) is 19.3 Å². The van der Waals surface area contributed by atoms with E-state index >= 15 is 0 Å². The zero-order valence-electron chi connectivity index (χ0n) is 10.6. The lowest BCUT2D eigenvalue weighted by Gasteiger charge is -2.33. The van der Waals surface area contributed by atoms with Crippen molar-refractivity contribution in [3.63, 3.8) is 0 Å². The Hall–Kier alpha value is -1.29. The number of nitrogens with zero attached hydrogens (tertiary/aromatic N) is 1. The lowest BCUT2D eigenvalue weighted by molar-refractivity contribution is -0.141. The molecule has 0 spiro atoms. The molecule has 0 aromatic carbocycles. The van der Waals surface area contributed by atoms with Gasteiger partial charge in [0.25, 0.3) is 0 Å². The van der Waals surface area contributed by atoms with Gasteiger partial charge in [0.1, 0.15) is 6.10 Å². The number of hydrogen-bond donors (Lipinski definition) is 0. The second-order valence-electron chi connectivity index (χ2n) is 5.23. The van der Waals surface area contributed by atoms with Crippen molar-refractivity contribution in [1.82, 2.24) is 4.90 Å². The Morgan fingerprint density at radius 3 is 2.83 bits per heavy atom. The van der Waals surface area contributed by atoms with E-state index in [0.29, 0.717) is 6.61 Å². The van der Waals surface area contributed by atoms with Crippen LogP contribution in [0.4, 0.5) is 0 Å². The van der Waals surface area contributed by atoms with Crippen molar-refractivity contribution < 1.29 is 14.3 Å². The second kappa shape index (κ2) is 4.76. The third-order valence-corrected chi connectivity index (χ3v) is 4.02. The van der Waals surface area contributed by atoms with Crippen molar-refractivity contribution >= 4 is 5.97 Å². The number of ether oxygens (including phenoxy) is 2. The predicted octanol–water partition coefficient (Wildman–Crippen LogP) is 1.48. The molecule has 2 atom stereocenters. The molecule has 4 heteroatoms. The maximum atomic E-state index is 11.6. The highest BCUT2D eigenvalue weighted by molar-refractivity contribution is 5.85. The molecule has 0 aromatic heterocycles. The molecule has 0 bridgehead atoms. The molecule has 3 heterocycles. The zero-order chi connectivity index (χ0) is 12.5. The van der Waals surface area contributed by atoms with Crippen LogP contribution in [-0.2, 0) is 14.3 Å². The highest BCUT2D eigenvalue weighted by Gasteiger charge is 2.39. The summed E-state index contributed by atoms with van der Waals surface area (Å²) < 4.78 is 10.9. The van der Waals surface area contributed by atoms with Crippen LogP contribution in [0.15, 0.2) is 23.9 Å². The lowest BCUT2D eigenvalue weighted by Crippen LogP contribution is -2.36. The standard InChI is InChI=1S/C14H19NO3/c1-10-9-17-7-4-11(10)14-12(8-13(16)18-14)15-5-2-3-6-15/h8,11,14H,1-7,9H2. The predicted molar refractivity (Wildman–Crippen MR) is 66.8 cm³/mol. The summed E-state index contributed by atoms with van der Waals surface area (Å²) in [5.74, 6) is 0.0123. The normalized spacial score (nSPS) is 32.7. The highest BCUT2D eigenvalue weighted by atomic mass is 16.5. The van der Waals surface area contributed by atoms with Gasteiger partial charge < -0.3 is 14.4 Å². The summed E-state index contributed by atoms with van der Waals surface area (Å²) in [6.07, 6.45) is 4.83. The number of cyclic esters (lactones) is 1. The minimum Gasteiger partial charge on any atom is -0.452 e. The number of carbonyl (C=O) groups is 1. The van der Waals surface area contributed by atoms with Crippen LogP contribution < -0.4 is 0 Å². The third-order valence-electron chi connectivity index (χ3n) is 4.02. The van der Waals surface area contributed by atoms with Gasteiger partial charge in [0.05, 0.1) is 12.3 Å². The fraction of sp³-hybridized carbons (Fsp3) is 0.643. The SMILES string of the molecule is C=C1COCCC1C1OC(=O)C=C1N1CCCC1. The fourth-order valence-electron chi connectivity index (χ4n) is 3.05. The molecule has 4 nitrogen and oxygen atoms in total. The van der Waals surface area contributed by atoms with Crippen molar-refractivity contribution in [2.24, 2.45) is 5.92 Å². The maximum Gasteiger partial charge on any atom is 0.333 e. The Morgan fingerprint density at radius 1 is 1.33 bits per heavy atom. The summed E-state index contributed by atoms with van der Waals surface area (Å²) in [5, 5.41) is 0. The van der Waals surface area contributed by atoms with Gasteiger partial charge in [-0.1, -0.05) is 6.58 Å². The van der Waals surface area contributed by atoms with E-state index in [1.807, 2.05) is 0 Å². The van der Waals surface area contributed by atoms with E-state index in [1.165, 1.54) is 12.8 Å². The average Bonchev–Trinajstić information content (AvgIpc) is 2.98. The second-order valence-corrected chi connectivity index (χ2v) is 5.23. The van der Waals surface area contributed by atoms with E-state index in [-0.39, 0.29) is 18.0 Å². The van der Waals surface area contributed by atoms with Crippen LogP contribution in [0.25, 0.3) is 0 Å². The van der Waals surface area contributed by atoms with E-state index in [9.17, 15) is 4.79 Å². The molecule has 0 aliphatic carbocycles. The van der Waals surface area contributed by atoms with Crippen LogP contribution in [-0.4, -0.2) is 43.3 Å². The smallest absolute Gasteiger partial charge is 0.333 e. The summed E-state index contributed by atoms with van der Waals surface area (Å²) >= 11 is 0. The molecule has 3 aliphatic rings. The zero-order valence-corrected chi connectivity index (χ0v) is 10.6. The molecule has 3 aliphatic heterocycles. The van der Waals surface area contributed by atoms with Gasteiger partial charge in [-0.25, -0.2) is 4.79 Å². The summed E-state index contributed by atoms with van der Waals surface area (Å²) in [6.45, 7) is 7.45. The molecule has 2 saturated heterocycles. The van der Waals surface area contributed by atoms with Gasteiger partial charge in [0, 0.05) is 31.7 Å². The molecule has 98 valence electrons. The summed E-state index contributed by atoms with van der Waals surface area (Å²) in [7, 11) is 0. The first kappa shape index (κ1) is 11.8. The Kier molecular flexibility index (Phi) is 3.12. The van der Waals surface area contributed by atoms with Gasteiger partial charge in [-0.3, -0.25) is 0 Å². The molecule has 0 aromatic rings. The monoisotopic (exact) mass is 249 g/mol. The quantitative estimate of drug-likeness (QED) is 0.549. The van der Waals surface area contributed by atoms with Crippen LogP contribution in [0.3, 0.4) is 0 Å². The third kappa shape index (κ3) is 2.05. The van der Waals surface area contributed by atoms with Crippen LogP contribution in [0, 0.1) is 5.92 Å². The molecule has 0 radical (unpaired) electrons. The Bertz CT molecular complexity index is 396. The molecule has 0 saturated carbocycles. The van der Waals surface area contributed by atoms with Crippen LogP contribution in [0.2, 0.25) is 0 Å². The first-order valence-corrected chi connectivity index (χ1v) is 6.68. The van der Waals surface area contributed by atoms with Gasteiger partial charge >= 0.3 is 5.97 Å². The van der Waals surface area contributed by atoms with E-state index in [0.717, 1.165) is 37.4 Å². The minimum absolute atomic E-state index is 0.132. The molecule has 18 heavy (non-hydrogen) atoms. The molecule has 0 N–H and O–H groups in total. The molecule has 3 rings (SSSR count). The Morgan fingerprint density at radius 2 is 2.11 bits per heavy atom. The van der Waals surface area contributed by atoms with Crippen molar-refractivity contribution in [1.29, 1.82) is 0 Å². The topological polar surface area (TPSA) is 38.8 Å². The van der Waals surface area contributed by atoms with Crippen molar-refractivity contribution in [2.75, 3.05) is 26.3 Å². The van der Waals surface area contributed by atoms with Crippen molar-refractivity contribution in [3.8, 4) is 0 Å². The van der Waals surface area contributed by atoms with Crippen LogP contribution in [0.5, 0.6) is 0 Å². The van der Waals surface area contributed by atoms with E-state index in [4.69, 9.17) is 9.47 Å². The number of likely N-dealkylation sites (tertiary alicyclic amines) is 1. The first-order chi connectivity index (χ1) is 8.75. The average molecular weight is 249 g/mol. The number of esters is 1.